The number of hydrogen-bond donors (Lipinski definition) is 0. The third kappa shape index (κ3) is 4.65. The fraction of sp³-hybridized carbons (Fsp3) is 0.526. The second-order valence-corrected chi connectivity index (χ2v) is 7.12. The van der Waals surface area contributed by atoms with Crippen LogP contribution in [0.25, 0.3) is 11.4 Å². The lowest BCUT2D eigenvalue weighted by molar-refractivity contribution is -0.134. The van der Waals surface area contributed by atoms with Gasteiger partial charge in [-0.15, -0.1) is 0 Å². The Kier molecular flexibility index (Phi) is 5.46. The molecular formula is C19H24FN3O2. The van der Waals surface area contributed by atoms with Crippen molar-refractivity contribution in [1.82, 2.24) is 15.0 Å². The highest BCUT2D eigenvalue weighted by Crippen LogP contribution is 2.22. The number of halogens is 1. The van der Waals surface area contributed by atoms with Crippen molar-refractivity contribution in [2.24, 2.45) is 11.8 Å². The average molecular weight is 345 g/mol. The Balaban J connectivity index is 1.49. The molecule has 0 N–H and O–H groups in total. The van der Waals surface area contributed by atoms with Crippen molar-refractivity contribution in [3.8, 4) is 11.4 Å². The van der Waals surface area contributed by atoms with E-state index in [9.17, 15) is 9.18 Å². The van der Waals surface area contributed by atoms with E-state index in [1.165, 1.54) is 18.6 Å². The predicted molar refractivity (Wildman–Crippen MR) is 92.2 cm³/mol. The highest BCUT2D eigenvalue weighted by Gasteiger charge is 2.25. The summed E-state index contributed by atoms with van der Waals surface area (Å²) in [6.07, 6.45) is 2.94. The zero-order valence-electron chi connectivity index (χ0n) is 14.7. The molecule has 25 heavy (non-hydrogen) atoms. The Hall–Kier alpha value is -2.24. The molecule has 1 aromatic carbocycles. The van der Waals surface area contributed by atoms with Crippen molar-refractivity contribution >= 4 is 5.91 Å². The van der Waals surface area contributed by atoms with Crippen LogP contribution in [-0.4, -0.2) is 34.0 Å². The fourth-order valence-corrected chi connectivity index (χ4v) is 3.49. The Morgan fingerprint density at radius 3 is 2.60 bits per heavy atom. The maximum Gasteiger partial charge on any atom is 0.226 e. The molecule has 1 aromatic heterocycles. The lowest BCUT2D eigenvalue weighted by Crippen LogP contribution is -2.42. The normalized spacial score (nSPS) is 20.7. The molecule has 2 atom stereocenters. The molecule has 6 heteroatoms. The molecular weight excluding hydrogens is 321 g/mol. The van der Waals surface area contributed by atoms with Crippen molar-refractivity contribution in [2.45, 2.75) is 39.5 Å². The summed E-state index contributed by atoms with van der Waals surface area (Å²) in [5.41, 5.74) is 0.712. The summed E-state index contributed by atoms with van der Waals surface area (Å²) in [5, 5.41) is 3.92. The van der Waals surface area contributed by atoms with Crippen LogP contribution in [-0.2, 0) is 11.2 Å². The second-order valence-electron chi connectivity index (χ2n) is 7.12. The van der Waals surface area contributed by atoms with Crippen molar-refractivity contribution in [3.63, 3.8) is 0 Å². The molecule has 1 aliphatic rings. The van der Waals surface area contributed by atoms with Crippen LogP contribution in [0.2, 0.25) is 0 Å². The van der Waals surface area contributed by atoms with Gasteiger partial charge in [-0.05, 0) is 48.9 Å². The molecule has 1 saturated heterocycles. The van der Waals surface area contributed by atoms with Crippen molar-refractivity contribution in [3.05, 3.63) is 36.0 Å². The van der Waals surface area contributed by atoms with E-state index in [1.807, 2.05) is 4.90 Å². The summed E-state index contributed by atoms with van der Waals surface area (Å²) < 4.78 is 18.2. The first-order valence-electron chi connectivity index (χ1n) is 8.87. The topological polar surface area (TPSA) is 59.2 Å². The molecule has 5 nitrogen and oxygen atoms in total. The van der Waals surface area contributed by atoms with E-state index in [2.05, 4.69) is 24.0 Å². The van der Waals surface area contributed by atoms with Gasteiger partial charge in [0.1, 0.15) is 5.82 Å². The largest absolute Gasteiger partial charge is 0.342 e. The molecule has 0 spiro atoms. The highest BCUT2D eigenvalue weighted by molar-refractivity contribution is 5.76. The molecule has 1 fully saturated rings. The smallest absolute Gasteiger partial charge is 0.226 e. The molecule has 0 aliphatic carbocycles. The molecule has 0 radical (unpaired) electrons. The number of hydrogen-bond acceptors (Lipinski definition) is 4. The number of carbonyl (C=O) groups excluding carboxylic acids is 1. The number of aromatic nitrogens is 2. The van der Waals surface area contributed by atoms with E-state index in [1.54, 1.807) is 12.1 Å². The minimum atomic E-state index is -0.299. The highest BCUT2D eigenvalue weighted by atomic mass is 19.1. The monoisotopic (exact) mass is 345 g/mol. The van der Waals surface area contributed by atoms with Crippen LogP contribution in [0.3, 0.4) is 0 Å². The number of benzene rings is 1. The van der Waals surface area contributed by atoms with E-state index in [0.717, 1.165) is 13.1 Å². The standard InChI is InChI=1S/C19H24FN3O2/c1-13-10-14(2)12-23(11-13)18(24)5-3-4-17-21-19(22-25-17)15-6-8-16(20)9-7-15/h6-9,13-14H,3-5,10-12H2,1-2H3. The van der Waals surface area contributed by atoms with Gasteiger partial charge in [-0.25, -0.2) is 4.39 Å². The fourth-order valence-electron chi connectivity index (χ4n) is 3.49. The molecule has 3 rings (SSSR count). The predicted octanol–water partition coefficient (Wildman–Crippen LogP) is 3.70. The van der Waals surface area contributed by atoms with Gasteiger partial charge in [0.05, 0.1) is 0 Å². The lowest BCUT2D eigenvalue weighted by Gasteiger charge is -2.35. The van der Waals surface area contributed by atoms with Gasteiger partial charge in [0.25, 0.3) is 0 Å². The molecule has 2 heterocycles. The summed E-state index contributed by atoms with van der Waals surface area (Å²) in [6, 6.07) is 5.97. The van der Waals surface area contributed by atoms with Gasteiger partial charge in [0.15, 0.2) is 0 Å². The van der Waals surface area contributed by atoms with Crippen LogP contribution < -0.4 is 0 Å². The first-order valence-corrected chi connectivity index (χ1v) is 8.87. The summed E-state index contributed by atoms with van der Waals surface area (Å²) in [7, 11) is 0. The average Bonchev–Trinajstić information content (AvgIpc) is 3.03. The molecule has 1 aliphatic heterocycles. The van der Waals surface area contributed by atoms with Gasteiger partial charge >= 0.3 is 0 Å². The maximum atomic E-state index is 13.0. The van der Waals surface area contributed by atoms with Gasteiger partial charge in [-0.1, -0.05) is 19.0 Å². The number of amides is 1. The van der Waals surface area contributed by atoms with Crippen LogP contribution in [0.4, 0.5) is 4.39 Å². The number of rotatable bonds is 5. The van der Waals surface area contributed by atoms with Crippen LogP contribution in [0.1, 0.15) is 39.0 Å². The Morgan fingerprint density at radius 1 is 1.24 bits per heavy atom. The quantitative estimate of drug-likeness (QED) is 0.829. The van der Waals surface area contributed by atoms with Gasteiger partial charge in [0.2, 0.25) is 17.6 Å². The Morgan fingerprint density at radius 2 is 1.92 bits per heavy atom. The van der Waals surface area contributed by atoms with Gasteiger partial charge < -0.3 is 9.42 Å². The number of carbonyl (C=O) groups is 1. The van der Waals surface area contributed by atoms with Gasteiger partial charge in [0, 0.05) is 31.5 Å². The number of piperidine rings is 1. The van der Waals surface area contributed by atoms with Crippen LogP contribution in [0, 0.1) is 17.7 Å². The van der Waals surface area contributed by atoms with Gasteiger partial charge in [-0.3, -0.25) is 4.79 Å². The van der Waals surface area contributed by atoms with E-state index >= 15 is 0 Å². The molecule has 1 amide bonds. The second kappa shape index (κ2) is 7.76. The molecule has 2 unspecified atom stereocenters. The number of aryl methyl sites for hydroxylation is 1. The minimum absolute atomic E-state index is 0.205. The van der Waals surface area contributed by atoms with Crippen molar-refractivity contribution in [1.29, 1.82) is 0 Å². The molecule has 0 bridgehead atoms. The van der Waals surface area contributed by atoms with Gasteiger partial charge in [-0.2, -0.15) is 4.98 Å². The van der Waals surface area contributed by atoms with Crippen LogP contribution >= 0.6 is 0 Å². The number of nitrogens with zero attached hydrogens (tertiary/aromatic N) is 3. The zero-order valence-corrected chi connectivity index (χ0v) is 14.7. The summed E-state index contributed by atoms with van der Waals surface area (Å²) in [4.78, 5) is 18.7. The van der Waals surface area contributed by atoms with E-state index in [-0.39, 0.29) is 11.7 Å². The minimum Gasteiger partial charge on any atom is -0.342 e. The Labute approximate surface area is 147 Å². The lowest BCUT2D eigenvalue weighted by atomic mass is 9.91. The zero-order chi connectivity index (χ0) is 17.8. The summed E-state index contributed by atoms with van der Waals surface area (Å²) >= 11 is 0. The summed E-state index contributed by atoms with van der Waals surface area (Å²) in [6.45, 7) is 6.12. The first kappa shape index (κ1) is 17.6. The number of likely N-dealkylation sites (tertiary alicyclic amines) is 1. The third-order valence-corrected chi connectivity index (χ3v) is 4.57. The van der Waals surface area contributed by atoms with Crippen LogP contribution in [0.5, 0.6) is 0 Å². The van der Waals surface area contributed by atoms with Crippen molar-refractivity contribution < 1.29 is 13.7 Å². The first-order chi connectivity index (χ1) is 12.0. The molecule has 0 saturated carbocycles. The van der Waals surface area contributed by atoms with Crippen molar-refractivity contribution in [2.75, 3.05) is 13.1 Å². The molecule has 134 valence electrons. The van der Waals surface area contributed by atoms with E-state index in [0.29, 0.717) is 48.4 Å². The van der Waals surface area contributed by atoms with E-state index in [4.69, 9.17) is 4.52 Å². The summed E-state index contributed by atoms with van der Waals surface area (Å²) in [5.74, 6) is 2.00. The third-order valence-electron chi connectivity index (χ3n) is 4.57. The maximum absolute atomic E-state index is 13.0. The Bertz CT molecular complexity index is 704. The van der Waals surface area contributed by atoms with Crippen LogP contribution in [0.15, 0.2) is 28.8 Å². The molecule has 2 aromatic rings. The van der Waals surface area contributed by atoms with E-state index < -0.39 is 0 Å². The SMILES string of the molecule is CC1CC(C)CN(C(=O)CCCc2nc(-c3ccc(F)cc3)no2)C1.